The van der Waals surface area contributed by atoms with E-state index in [-0.39, 0.29) is 40.3 Å². The molecule has 0 N–H and O–H groups in total. The molecule has 0 radical (unpaired) electrons. The van der Waals surface area contributed by atoms with Crippen LogP contribution in [0.5, 0.6) is 11.8 Å². The van der Waals surface area contributed by atoms with E-state index < -0.39 is 5.78 Å². The van der Waals surface area contributed by atoms with E-state index in [0.717, 1.165) is 10.4 Å². The Morgan fingerprint density at radius 1 is 1.03 bits per heavy atom. The lowest BCUT2D eigenvalue weighted by atomic mass is 10.0. The molecule has 1 aromatic heterocycles. The first-order valence-corrected chi connectivity index (χ1v) is 9.97. The molecule has 2 aromatic carbocycles. The zero-order valence-electron chi connectivity index (χ0n) is 17.4. The van der Waals surface area contributed by atoms with Crippen LogP contribution in [0, 0.1) is 13.8 Å². The van der Waals surface area contributed by atoms with Gasteiger partial charge in [-0.15, -0.1) is 0 Å². The van der Waals surface area contributed by atoms with Crippen molar-refractivity contribution in [3.05, 3.63) is 74.3 Å². The Morgan fingerprint density at radius 2 is 1.71 bits per heavy atom. The molecule has 9 heteroatoms. The number of ketones is 2. The van der Waals surface area contributed by atoms with Crippen molar-refractivity contribution in [1.29, 1.82) is 0 Å². The molecule has 3 rings (SSSR count). The normalized spacial score (nSPS) is 10.6. The number of hydrogen-bond donors (Lipinski definition) is 0. The SMILES string of the molecule is COc1nn(OC)c(OCC(=O)c2ccc(C)cc2)c1C(=O)c1ccc(Cl)c(C)c1Cl. The maximum Gasteiger partial charge on any atom is 0.266 e. The van der Waals surface area contributed by atoms with Gasteiger partial charge >= 0.3 is 0 Å². The first-order valence-electron chi connectivity index (χ1n) is 9.22. The van der Waals surface area contributed by atoms with Crippen LogP contribution in [0.15, 0.2) is 36.4 Å². The summed E-state index contributed by atoms with van der Waals surface area (Å²) in [6, 6.07) is 10.1. The number of nitrogens with zero attached hydrogens (tertiary/aromatic N) is 2. The minimum atomic E-state index is -0.511. The van der Waals surface area contributed by atoms with Gasteiger partial charge in [-0.1, -0.05) is 63.0 Å². The van der Waals surface area contributed by atoms with E-state index in [1.54, 1.807) is 25.1 Å². The van der Waals surface area contributed by atoms with Crippen LogP contribution in [-0.4, -0.2) is 42.3 Å². The summed E-state index contributed by atoms with van der Waals surface area (Å²) in [5, 5.41) is 4.70. The maximum atomic E-state index is 13.3. The minimum Gasteiger partial charge on any atom is -0.479 e. The number of halogens is 2. The van der Waals surface area contributed by atoms with Crippen LogP contribution in [-0.2, 0) is 0 Å². The molecule has 0 fully saturated rings. The average Bonchev–Trinajstić information content (AvgIpc) is 3.13. The maximum absolute atomic E-state index is 13.3. The number of carbonyl (C=O) groups is 2. The van der Waals surface area contributed by atoms with Crippen molar-refractivity contribution in [2.45, 2.75) is 13.8 Å². The van der Waals surface area contributed by atoms with Crippen LogP contribution < -0.4 is 14.3 Å². The Morgan fingerprint density at radius 3 is 2.32 bits per heavy atom. The number of hydrogen-bond acceptors (Lipinski definition) is 6. The summed E-state index contributed by atoms with van der Waals surface area (Å²) in [6.45, 7) is 3.29. The number of benzene rings is 2. The molecule has 0 spiro atoms. The van der Waals surface area contributed by atoms with E-state index in [1.165, 1.54) is 20.3 Å². The highest BCUT2D eigenvalue weighted by atomic mass is 35.5. The van der Waals surface area contributed by atoms with Crippen molar-refractivity contribution in [2.75, 3.05) is 20.8 Å². The molecule has 0 amide bonds. The summed E-state index contributed by atoms with van der Waals surface area (Å²) in [4.78, 5) is 32.0. The van der Waals surface area contributed by atoms with Crippen molar-refractivity contribution in [1.82, 2.24) is 9.94 Å². The first kappa shape index (κ1) is 22.7. The van der Waals surface area contributed by atoms with Gasteiger partial charge in [-0.2, -0.15) is 0 Å². The summed E-state index contributed by atoms with van der Waals surface area (Å²) in [5.41, 5.74) is 2.23. The third-order valence-corrected chi connectivity index (χ3v) is 5.55. The Kier molecular flexibility index (Phi) is 6.87. The van der Waals surface area contributed by atoms with Gasteiger partial charge in [0.1, 0.15) is 7.11 Å². The molecule has 0 aliphatic carbocycles. The monoisotopic (exact) mass is 462 g/mol. The number of rotatable bonds is 8. The van der Waals surface area contributed by atoms with Crippen molar-refractivity contribution in [2.24, 2.45) is 0 Å². The summed E-state index contributed by atoms with van der Waals surface area (Å²) < 4.78 is 10.9. The Bertz CT molecular complexity index is 1140. The van der Waals surface area contributed by atoms with Gasteiger partial charge in [-0.05, 0) is 31.5 Å². The largest absolute Gasteiger partial charge is 0.479 e. The molecule has 0 atom stereocenters. The van der Waals surface area contributed by atoms with Crippen LogP contribution in [0.25, 0.3) is 0 Å². The second-order valence-corrected chi connectivity index (χ2v) is 7.47. The van der Waals surface area contributed by atoms with Crippen molar-refractivity contribution in [3.63, 3.8) is 0 Å². The third kappa shape index (κ3) is 4.52. The minimum absolute atomic E-state index is 0.0234. The molecule has 31 heavy (non-hydrogen) atoms. The fraction of sp³-hybridized carbons (Fsp3) is 0.227. The van der Waals surface area contributed by atoms with Crippen LogP contribution in [0.1, 0.15) is 37.4 Å². The molecule has 0 unspecified atom stereocenters. The first-order chi connectivity index (χ1) is 14.8. The summed E-state index contributed by atoms with van der Waals surface area (Å²) in [6.07, 6.45) is 0. The van der Waals surface area contributed by atoms with Gasteiger partial charge in [0.2, 0.25) is 5.78 Å². The summed E-state index contributed by atoms with van der Waals surface area (Å²) in [5.74, 6) is -0.897. The van der Waals surface area contributed by atoms with E-state index in [2.05, 4.69) is 5.10 Å². The van der Waals surface area contributed by atoms with Crippen LogP contribution in [0.4, 0.5) is 0 Å². The van der Waals surface area contributed by atoms with Gasteiger partial charge in [0, 0.05) is 16.1 Å². The third-order valence-electron chi connectivity index (χ3n) is 4.65. The molecule has 0 saturated carbocycles. The van der Waals surface area contributed by atoms with E-state index in [4.69, 9.17) is 37.5 Å². The predicted molar refractivity (Wildman–Crippen MR) is 117 cm³/mol. The summed E-state index contributed by atoms with van der Waals surface area (Å²) >= 11 is 12.4. The molecule has 0 saturated heterocycles. The van der Waals surface area contributed by atoms with Gasteiger partial charge in [0.05, 0.1) is 12.1 Å². The van der Waals surface area contributed by atoms with E-state index in [1.807, 2.05) is 19.1 Å². The number of aryl methyl sites for hydroxylation is 1. The Labute approximate surface area is 189 Å². The zero-order valence-corrected chi connectivity index (χ0v) is 18.9. The highest BCUT2D eigenvalue weighted by Crippen LogP contribution is 2.34. The number of carbonyl (C=O) groups excluding carboxylic acids is 2. The quantitative estimate of drug-likeness (QED) is 0.462. The molecule has 1 heterocycles. The van der Waals surface area contributed by atoms with Gasteiger partial charge in [-0.3, -0.25) is 9.59 Å². The van der Waals surface area contributed by atoms with Gasteiger partial charge in [-0.25, -0.2) is 0 Å². The van der Waals surface area contributed by atoms with Gasteiger partial charge < -0.3 is 14.3 Å². The highest BCUT2D eigenvalue weighted by Gasteiger charge is 2.30. The average molecular weight is 463 g/mol. The van der Waals surface area contributed by atoms with Crippen LogP contribution in [0.3, 0.4) is 0 Å². The Balaban J connectivity index is 1.98. The van der Waals surface area contributed by atoms with Gasteiger partial charge in [0.15, 0.2) is 18.0 Å². The highest BCUT2D eigenvalue weighted by molar-refractivity contribution is 6.39. The van der Waals surface area contributed by atoms with E-state index in [0.29, 0.717) is 16.1 Å². The lowest BCUT2D eigenvalue weighted by molar-refractivity contribution is 0.0801. The Hall–Kier alpha value is -3.03. The van der Waals surface area contributed by atoms with Crippen LogP contribution >= 0.6 is 23.2 Å². The smallest absolute Gasteiger partial charge is 0.266 e. The number of Topliss-reactive ketones (excluding diaryl/α,β-unsaturated/α-hetero) is 1. The molecule has 0 aliphatic heterocycles. The van der Waals surface area contributed by atoms with Gasteiger partial charge in [0.25, 0.3) is 11.8 Å². The van der Waals surface area contributed by atoms with Crippen LogP contribution in [0.2, 0.25) is 10.0 Å². The van der Waals surface area contributed by atoms with E-state index >= 15 is 0 Å². The van der Waals surface area contributed by atoms with E-state index in [9.17, 15) is 9.59 Å². The summed E-state index contributed by atoms with van der Waals surface area (Å²) in [7, 11) is 2.70. The second kappa shape index (κ2) is 9.41. The van der Waals surface area contributed by atoms with Crippen molar-refractivity contribution < 1.29 is 23.9 Å². The molecule has 0 aliphatic rings. The molecular formula is C22H20Cl2N2O5. The molecule has 0 bridgehead atoms. The fourth-order valence-corrected chi connectivity index (χ4v) is 3.34. The van der Waals surface area contributed by atoms with Crippen molar-refractivity contribution >= 4 is 34.8 Å². The zero-order chi connectivity index (χ0) is 22.7. The molecule has 7 nitrogen and oxygen atoms in total. The number of aromatic nitrogens is 2. The number of ether oxygens (including phenoxy) is 2. The molecule has 162 valence electrons. The standard InChI is InChI=1S/C22H20Cl2N2O5/c1-12-5-7-14(8-6-12)17(27)11-31-22-18(21(29-3)25-26(22)30-4)20(28)15-9-10-16(23)13(2)19(15)24/h5-10H,11H2,1-4H3. The predicted octanol–water partition coefficient (Wildman–Crippen LogP) is 4.37. The second-order valence-electron chi connectivity index (χ2n) is 6.69. The lowest BCUT2D eigenvalue weighted by Gasteiger charge is -2.11. The lowest BCUT2D eigenvalue weighted by Crippen LogP contribution is -2.18. The number of methoxy groups -OCH3 is 1. The molecular weight excluding hydrogens is 443 g/mol. The topological polar surface area (TPSA) is 79.7 Å². The molecule has 3 aromatic rings. The fourth-order valence-electron chi connectivity index (χ4n) is 2.88. The van der Waals surface area contributed by atoms with Crippen molar-refractivity contribution in [3.8, 4) is 11.8 Å².